The summed E-state index contributed by atoms with van der Waals surface area (Å²) >= 11 is 0. The van der Waals surface area contributed by atoms with Gasteiger partial charge in [-0.25, -0.2) is 14.4 Å². The van der Waals surface area contributed by atoms with E-state index in [0.717, 1.165) is 124 Å². The Hall–Kier alpha value is -5.50. The van der Waals surface area contributed by atoms with Gasteiger partial charge in [0.05, 0.1) is 12.3 Å². The van der Waals surface area contributed by atoms with Crippen LogP contribution in [0.2, 0.25) is 0 Å². The number of nitrogens with two attached hydrogens (primary N) is 1. The summed E-state index contributed by atoms with van der Waals surface area (Å²) in [5.74, 6) is 0.0882. The lowest BCUT2D eigenvalue weighted by atomic mass is 9.85. The maximum absolute atomic E-state index is 14.9. The third-order valence-electron chi connectivity index (χ3n) is 12.9. The standard InChI is InChI=1S/C48H57FN8O4/c1-32(50)45(35-11-5-2-6-12-35)46-51-41(30-43(52-46)56-23-21-55(22-24-56)25-26-58)36-13-8-10-33(27-36)9-4-3-7-18-54-19-16-34(17-20-54)38-28-37(49)29-39-40(38)31-57(48(39)61)42-14-15-44(59)53-47(42)60/h2,5-6,8,10-13,27-30,34,42,58H,3-4,7,9,14-26,31,50H2,1H3,(H,53,59,60). The van der Waals surface area contributed by atoms with Gasteiger partial charge in [0.1, 0.15) is 17.7 Å². The van der Waals surface area contributed by atoms with Crippen molar-refractivity contribution >= 4 is 29.1 Å². The molecular weight excluding hydrogens is 772 g/mol. The number of nitrogens with zero attached hydrogens (tertiary/aromatic N) is 6. The zero-order valence-corrected chi connectivity index (χ0v) is 35.1. The van der Waals surface area contributed by atoms with E-state index in [1.165, 1.54) is 16.5 Å². The molecule has 0 aliphatic carbocycles. The molecule has 4 N–H and O–H groups in total. The molecule has 3 fully saturated rings. The molecule has 4 aliphatic heterocycles. The minimum Gasteiger partial charge on any atom is -0.402 e. The molecule has 0 spiro atoms. The number of nitrogens with one attached hydrogen (secondary N) is 1. The first-order valence-electron chi connectivity index (χ1n) is 21.9. The number of anilines is 1. The number of amides is 3. The monoisotopic (exact) mass is 828 g/mol. The third-order valence-corrected chi connectivity index (χ3v) is 12.9. The van der Waals surface area contributed by atoms with Crippen molar-refractivity contribution in [3.63, 3.8) is 0 Å². The number of likely N-dealkylation sites (tertiary alicyclic amines) is 1. The van der Waals surface area contributed by atoms with Crippen molar-refractivity contribution in [3.8, 4) is 11.3 Å². The van der Waals surface area contributed by atoms with Gasteiger partial charge in [-0.3, -0.25) is 24.6 Å². The second kappa shape index (κ2) is 19.0. The molecular formula is C48H57FN8O4. The fourth-order valence-electron chi connectivity index (χ4n) is 9.55. The van der Waals surface area contributed by atoms with E-state index in [1.807, 2.05) is 37.3 Å². The van der Waals surface area contributed by atoms with Crippen LogP contribution in [0.3, 0.4) is 0 Å². The highest BCUT2D eigenvalue weighted by atomic mass is 19.1. The summed E-state index contributed by atoms with van der Waals surface area (Å²) in [4.78, 5) is 56.5. The van der Waals surface area contributed by atoms with Crippen molar-refractivity contribution in [2.45, 2.75) is 76.8 Å². The van der Waals surface area contributed by atoms with Crippen molar-refractivity contribution in [3.05, 3.63) is 118 Å². The van der Waals surface area contributed by atoms with E-state index < -0.39 is 17.8 Å². The van der Waals surface area contributed by atoms with Crippen LogP contribution in [-0.4, -0.2) is 113 Å². The number of allylic oxidation sites excluding steroid dienone is 1. The number of aliphatic hydroxyl groups is 1. The Bertz CT molecular complexity index is 2260. The van der Waals surface area contributed by atoms with E-state index in [4.69, 9.17) is 15.7 Å². The largest absolute Gasteiger partial charge is 0.402 e. The van der Waals surface area contributed by atoms with Crippen molar-refractivity contribution < 1.29 is 23.9 Å². The molecule has 1 unspecified atom stereocenters. The Morgan fingerprint density at radius 2 is 1.62 bits per heavy atom. The molecule has 3 aromatic carbocycles. The predicted molar refractivity (Wildman–Crippen MR) is 234 cm³/mol. The first-order valence-corrected chi connectivity index (χ1v) is 21.9. The number of β-amino-alcohol motifs (C(OH)–C–C–N with tert-alkyl or cyclic N) is 1. The number of piperazine rings is 1. The van der Waals surface area contributed by atoms with Crippen LogP contribution in [0.5, 0.6) is 0 Å². The van der Waals surface area contributed by atoms with Gasteiger partial charge in [-0.1, -0.05) is 55.0 Å². The van der Waals surface area contributed by atoms with Crippen LogP contribution < -0.4 is 16.0 Å². The summed E-state index contributed by atoms with van der Waals surface area (Å²) < 4.78 is 14.9. The number of rotatable bonds is 14. The summed E-state index contributed by atoms with van der Waals surface area (Å²) in [5.41, 5.74) is 14.2. The van der Waals surface area contributed by atoms with E-state index in [2.05, 4.69) is 50.3 Å². The molecule has 4 aliphatic rings. The van der Waals surface area contributed by atoms with Crippen LogP contribution in [-0.2, 0) is 22.6 Å². The topological polar surface area (TPSA) is 148 Å². The summed E-state index contributed by atoms with van der Waals surface area (Å²) in [7, 11) is 0. The zero-order valence-electron chi connectivity index (χ0n) is 35.1. The van der Waals surface area contributed by atoms with Crippen molar-refractivity contribution in [1.29, 1.82) is 0 Å². The highest BCUT2D eigenvalue weighted by Gasteiger charge is 2.41. The van der Waals surface area contributed by atoms with Crippen LogP contribution in [0.1, 0.15) is 96.2 Å². The minimum absolute atomic E-state index is 0.145. The maximum atomic E-state index is 14.9. The highest BCUT2D eigenvalue weighted by molar-refractivity contribution is 6.05. The fraction of sp³-hybridized carbons (Fsp3) is 0.438. The lowest BCUT2D eigenvalue weighted by Gasteiger charge is -2.35. The van der Waals surface area contributed by atoms with Crippen LogP contribution >= 0.6 is 0 Å². The van der Waals surface area contributed by atoms with Gasteiger partial charge in [-0.2, -0.15) is 0 Å². The molecule has 0 bridgehead atoms. The zero-order chi connectivity index (χ0) is 42.5. The Morgan fingerprint density at radius 1 is 0.852 bits per heavy atom. The molecule has 3 saturated heterocycles. The maximum Gasteiger partial charge on any atom is 0.255 e. The SMILES string of the molecule is CC(N)=C(c1ccccc1)c1nc(-c2cccc(CCCCCN3CCC(c4cc(F)cc5c4CN(C4CCC(=O)NC4=O)C5=O)CC3)c2)cc(N2CCN(CCO)CC2)n1. The molecule has 8 rings (SSSR count). The number of imide groups is 1. The van der Waals surface area contributed by atoms with Crippen LogP contribution in [0, 0.1) is 5.82 Å². The second-order valence-corrected chi connectivity index (χ2v) is 17.0. The third kappa shape index (κ3) is 9.69. The van der Waals surface area contributed by atoms with Gasteiger partial charge in [-0.15, -0.1) is 0 Å². The molecule has 12 nitrogen and oxygen atoms in total. The van der Waals surface area contributed by atoms with E-state index >= 15 is 0 Å². The Labute approximate surface area is 357 Å². The highest BCUT2D eigenvalue weighted by Crippen LogP contribution is 2.38. The number of hydrogen-bond donors (Lipinski definition) is 3. The number of benzene rings is 3. The van der Waals surface area contributed by atoms with Crippen LogP contribution in [0.4, 0.5) is 10.2 Å². The number of carbonyl (C=O) groups is 3. The molecule has 1 aromatic heterocycles. The first-order chi connectivity index (χ1) is 29.6. The Morgan fingerprint density at radius 3 is 2.36 bits per heavy atom. The lowest BCUT2D eigenvalue weighted by Crippen LogP contribution is -2.52. The normalized spacial score (nSPS) is 19.6. The number of unbranched alkanes of at least 4 members (excludes halogenated alkanes) is 2. The van der Waals surface area contributed by atoms with Gasteiger partial charge in [0.2, 0.25) is 11.8 Å². The van der Waals surface area contributed by atoms with E-state index in [9.17, 15) is 23.9 Å². The molecule has 3 amide bonds. The number of fused-ring (bicyclic) bond motifs is 1. The van der Waals surface area contributed by atoms with E-state index in [0.29, 0.717) is 23.6 Å². The summed E-state index contributed by atoms with van der Waals surface area (Å²) in [6, 6.07) is 23.0. The molecule has 5 heterocycles. The number of hydrogen-bond acceptors (Lipinski definition) is 10. The summed E-state index contributed by atoms with van der Waals surface area (Å²) in [6.45, 7) is 9.16. The van der Waals surface area contributed by atoms with Crippen molar-refractivity contribution in [1.82, 2.24) is 30.0 Å². The minimum atomic E-state index is -0.715. The molecule has 13 heteroatoms. The average molecular weight is 829 g/mol. The lowest BCUT2D eigenvalue weighted by molar-refractivity contribution is -0.136. The molecule has 4 aromatic rings. The summed E-state index contributed by atoms with van der Waals surface area (Å²) in [5, 5.41) is 11.8. The smallest absolute Gasteiger partial charge is 0.255 e. The number of carbonyl (C=O) groups excluding carboxylic acids is 3. The van der Waals surface area contributed by atoms with Gasteiger partial charge in [0, 0.05) is 74.2 Å². The van der Waals surface area contributed by atoms with Gasteiger partial charge in [0.15, 0.2) is 5.82 Å². The molecule has 0 radical (unpaired) electrons. The van der Waals surface area contributed by atoms with Crippen LogP contribution in [0.25, 0.3) is 16.8 Å². The van der Waals surface area contributed by atoms with E-state index in [1.54, 1.807) is 6.07 Å². The fourth-order valence-corrected chi connectivity index (χ4v) is 9.55. The van der Waals surface area contributed by atoms with E-state index in [-0.39, 0.29) is 43.7 Å². The number of piperidine rings is 2. The Balaban J connectivity index is 0.869. The Kier molecular flexibility index (Phi) is 13.2. The first kappa shape index (κ1) is 42.2. The van der Waals surface area contributed by atoms with Gasteiger partial charge >= 0.3 is 0 Å². The number of aromatic nitrogens is 2. The molecule has 0 saturated carbocycles. The average Bonchev–Trinajstić information content (AvgIpc) is 3.59. The predicted octanol–water partition coefficient (Wildman–Crippen LogP) is 5.49. The molecule has 61 heavy (non-hydrogen) atoms. The summed E-state index contributed by atoms with van der Waals surface area (Å²) in [6.07, 6.45) is 6.46. The van der Waals surface area contributed by atoms with Gasteiger partial charge in [-0.05, 0) is 111 Å². The van der Waals surface area contributed by atoms with Crippen LogP contribution in [0.15, 0.2) is 78.5 Å². The number of aliphatic hydroxyl groups excluding tert-OH is 1. The number of halogens is 1. The quantitative estimate of drug-likeness (QED) is 0.110. The molecule has 320 valence electrons. The molecule has 1 atom stereocenters. The second-order valence-electron chi connectivity index (χ2n) is 17.0. The van der Waals surface area contributed by atoms with Gasteiger partial charge in [0.25, 0.3) is 5.91 Å². The van der Waals surface area contributed by atoms with Crippen molar-refractivity contribution in [2.24, 2.45) is 5.73 Å². The van der Waals surface area contributed by atoms with Gasteiger partial charge < -0.3 is 25.5 Å². The van der Waals surface area contributed by atoms with Crippen molar-refractivity contribution in [2.75, 3.05) is 63.9 Å². The number of aryl methyl sites for hydroxylation is 1.